The second-order valence-corrected chi connectivity index (χ2v) is 7.40. The lowest BCUT2D eigenvalue weighted by molar-refractivity contribution is -0.131. The lowest BCUT2D eigenvalue weighted by Crippen LogP contribution is -2.37. The van der Waals surface area contributed by atoms with Crippen molar-refractivity contribution in [3.05, 3.63) is 65.5 Å². The smallest absolute Gasteiger partial charge is 0.236 e. The third-order valence-corrected chi connectivity index (χ3v) is 6.02. The van der Waals surface area contributed by atoms with Gasteiger partial charge in [0.25, 0.3) is 0 Å². The third-order valence-electron chi connectivity index (χ3n) is 4.71. The van der Waals surface area contributed by atoms with Crippen LogP contribution in [0.2, 0.25) is 0 Å². The van der Waals surface area contributed by atoms with Gasteiger partial charge in [0.1, 0.15) is 5.82 Å². The van der Waals surface area contributed by atoms with Crippen molar-refractivity contribution >= 4 is 17.7 Å². The van der Waals surface area contributed by atoms with E-state index in [0.29, 0.717) is 0 Å². The minimum Gasteiger partial charge on any atom is -0.335 e. The number of hydrogen-bond donors (Lipinski definition) is 0. The van der Waals surface area contributed by atoms with E-state index in [9.17, 15) is 9.18 Å². The highest BCUT2D eigenvalue weighted by atomic mass is 32.2. The molecule has 1 fully saturated rings. The van der Waals surface area contributed by atoms with Crippen molar-refractivity contribution in [3.63, 3.8) is 0 Å². The SMILES string of the molecule is O=C(C1Cc2ccccc2S1)N1CCCC1c1ccc(F)cc1. The number of likely N-dealkylation sites (tertiary alicyclic amines) is 1. The summed E-state index contributed by atoms with van der Waals surface area (Å²) in [7, 11) is 0. The molecule has 4 rings (SSSR count). The molecule has 2 unspecified atom stereocenters. The van der Waals surface area contributed by atoms with Crippen molar-refractivity contribution in [1.29, 1.82) is 0 Å². The van der Waals surface area contributed by atoms with Crippen LogP contribution in [0.5, 0.6) is 0 Å². The molecule has 2 nitrogen and oxygen atoms in total. The third kappa shape index (κ3) is 2.76. The molecule has 0 N–H and O–H groups in total. The number of carbonyl (C=O) groups is 1. The van der Waals surface area contributed by atoms with Gasteiger partial charge in [0.05, 0.1) is 11.3 Å². The van der Waals surface area contributed by atoms with Crippen molar-refractivity contribution in [1.82, 2.24) is 4.90 Å². The Morgan fingerprint density at radius 1 is 1.13 bits per heavy atom. The summed E-state index contributed by atoms with van der Waals surface area (Å²) in [4.78, 5) is 16.2. The lowest BCUT2D eigenvalue weighted by Gasteiger charge is -2.27. The van der Waals surface area contributed by atoms with E-state index >= 15 is 0 Å². The Kier molecular flexibility index (Phi) is 3.85. The van der Waals surface area contributed by atoms with Crippen LogP contribution in [-0.2, 0) is 11.2 Å². The molecule has 1 saturated heterocycles. The first-order valence-electron chi connectivity index (χ1n) is 8.03. The van der Waals surface area contributed by atoms with Crippen LogP contribution in [0.1, 0.15) is 30.0 Å². The number of hydrogen-bond acceptors (Lipinski definition) is 2. The maximum atomic E-state index is 13.1. The Bertz CT molecular complexity index is 705. The van der Waals surface area contributed by atoms with Crippen LogP contribution in [0.4, 0.5) is 4.39 Å². The largest absolute Gasteiger partial charge is 0.335 e. The average Bonchev–Trinajstić information content (AvgIpc) is 3.21. The molecule has 1 amide bonds. The van der Waals surface area contributed by atoms with Crippen LogP contribution in [0, 0.1) is 5.82 Å². The van der Waals surface area contributed by atoms with Gasteiger partial charge in [0.15, 0.2) is 0 Å². The van der Waals surface area contributed by atoms with Gasteiger partial charge in [-0.1, -0.05) is 30.3 Å². The van der Waals surface area contributed by atoms with E-state index in [1.807, 2.05) is 29.2 Å². The van der Waals surface area contributed by atoms with Gasteiger partial charge in [-0.3, -0.25) is 4.79 Å². The van der Waals surface area contributed by atoms with Crippen LogP contribution in [0.15, 0.2) is 53.4 Å². The van der Waals surface area contributed by atoms with Gasteiger partial charge in [-0.05, 0) is 48.6 Å². The number of fused-ring (bicyclic) bond motifs is 1. The van der Waals surface area contributed by atoms with Crippen molar-refractivity contribution in [3.8, 4) is 0 Å². The molecule has 2 aromatic rings. The molecule has 0 bridgehead atoms. The summed E-state index contributed by atoms with van der Waals surface area (Å²) in [5.74, 6) is -0.00977. The molecule has 2 aliphatic heterocycles. The summed E-state index contributed by atoms with van der Waals surface area (Å²) < 4.78 is 13.1. The van der Waals surface area contributed by atoms with Gasteiger partial charge in [-0.2, -0.15) is 0 Å². The van der Waals surface area contributed by atoms with E-state index in [2.05, 4.69) is 12.1 Å². The predicted octanol–water partition coefficient (Wildman–Crippen LogP) is 4.21. The molecule has 4 heteroatoms. The van der Waals surface area contributed by atoms with E-state index in [0.717, 1.165) is 31.4 Å². The molecule has 2 aliphatic rings. The molecule has 23 heavy (non-hydrogen) atoms. The maximum absolute atomic E-state index is 13.1. The zero-order chi connectivity index (χ0) is 15.8. The average molecular weight is 327 g/mol. The second-order valence-electron chi connectivity index (χ2n) is 6.16. The Balaban J connectivity index is 1.53. The molecule has 2 heterocycles. The molecular weight excluding hydrogens is 309 g/mol. The first-order chi connectivity index (χ1) is 11.2. The topological polar surface area (TPSA) is 20.3 Å². The molecule has 0 aliphatic carbocycles. The second kappa shape index (κ2) is 6.00. The normalized spacial score (nSPS) is 23.1. The predicted molar refractivity (Wildman–Crippen MR) is 89.9 cm³/mol. The van der Waals surface area contributed by atoms with Gasteiger partial charge in [0.2, 0.25) is 5.91 Å². The highest BCUT2D eigenvalue weighted by molar-refractivity contribution is 8.01. The monoisotopic (exact) mass is 327 g/mol. The first-order valence-corrected chi connectivity index (χ1v) is 8.91. The van der Waals surface area contributed by atoms with E-state index in [-0.39, 0.29) is 23.0 Å². The Labute approximate surface area is 139 Å². The molecule has 2 aromatic carbocycles. The van der Waals surface area contributed by atoms with Crippen LogP contribution >= 0.6 is 11.8 Å². The van der Waals surface area contributed by atoms with Gasteiger partial charge in [-0.25, -0.2) is 4.39 Å². The van der Waals surface area contributed by atoms with E-state index in [1.165, 1.54) is 22.6 Å². The van der Waals surface area contributed by atoms with Crippen molar-refractivity contribution in [2.75, 3.05) is 6.54 Å². The summed E-state index contributed by atoms with van der Waals surface area (Å²) in [6.07, 6.45) is 2.78. The summed E-state index contributed by atoms with van der Waals surface area (Å²) in [6, 6.07) is 14.9. The summed E-state index contributed by atoms with van der Waals surface area (Å²) in [5.41, 5.74) is 2.31. The quantitative estimate of drug-likeness (QED) is 0.824. The van der Waals surface area contributed by atoms with Crippen molar-refractivity contribution in [2.24, 2.45) is 0 Å². The summed E-state index contributed by atoms with van der Waals surface area (Å²) in [5, 5.41) is -0.0200. The molecule has 2 atom stereocenters. The number of nitrogens with zero attached hydrogens (tertiary/aromatic N) is 1. The Morgan fingerprint density at radius 3 is 2.70 bits per heavy atom. The fraction of sp³-hybridized carbons (Fsp3) is 0.316. The van der Waals surface area contributed by atoms with Gasteiger partial charge >= 0.3 is 0 Å². The van der Waals surface area contributed by atoms with E-state index in [1.54, 1.807) is 11.8 Å². The van der Waals surface area contributed by atoms with Crippen molar-refractivity contribution < 1.29 is 9.18 Å². The molecule has 118 valence electrons. The zero-order valence-electron chi connectivity index (χ0n) is 12.7. The van der Waals surface area contributed by atoms with Crippen LogP contribution < -0.4 is 0 Å². The number of benzene rings is 2. The van der Waals surface area contributed by atoms with Crippen molar-refractivity contribution in [2.45, 2.75) is 35.4 Å². The van der Waals surface area contributed by atoms with Crippen LogP contribution in [-0.4, -0.2) is 22.6 Å². The number of thioether (sulfide) groups is 1. The lowest BCUT2D eigenvalue weighted by atomic mass is 10.0. The standard InChI is InChI=1S/C19H18FNOS/c20-15-9-7-13(8-10-15)16-5-3-11-21(16)19(22)18-12-14-4-1-2-6-17(14)23-18/h1-2,4,6-10,16,18H,3,5,11-12H2. The number of carbonyl (C=O) groups excluding carboxylic acids is 1. The van der Waals surface area contributed by atoms with Gasteiger partial charge < -0.3 is 4.90 Å². The van der Waals surface area contributed by atoms with Gasteiger partial charge in [0, 0.05) is 11.4 Å². The summed E-state index contributed by atoms with van der Waals surface area (Å²) in [6.45, 7) is 0.800. The number of halogens is 1. The first kappa shape index (κ1) is 14.8. The Morgan fingerprint density at radius 2 is 1.91 bits per heavy atom. The minimum atomic E-state index is -0.230. The molecule has 0 aromatic heterocycles. The highest BCUT2D eigenvalue weighted by Gasteiger charge is 2.37. The number of rotatable bonds is 2. The fourth-order valence-corrected chi connectivity index (χ4v) is 4.83. The van der Waals surface area contributed by atoms with Crippen LogP contribution in [0.3, 0.4) is 0 Å². The molecule has 0 saturated carbocycles. The van der Waals surface area contributed by atoms with Gasteiger partial charge in [-0.15, -0.1) is 11.8 Å². The Hall–Kier alpha value is -1.81. The zero-order valence-corrected chi connectivity index (χ0v) is 13.6. The van der Waals surface area contributed by atoms with E-state index in [4.69, 9.17) is 0 Å². The fourth-order valence-electron chi connectivity index (χ4n) is 3.57. The summed E-state index contributed by atoms with van der Waals surface area (Å²) >= 11 is 1.68. The highest BCUT2D eigenvalue weighted by Crippen LogP contribution is 2.40. The maximum Gasteiger partial charge on any atom is 0.236 e. The molecule has 0 spiro atoms. The minimum absolute atomic E-state index is 0.0200. The van der Waals surface area contributed by atoms with Crippen LogP contribution in [0.25, 0.3) is 0 Å². The number of amides is 1. The molecule has 0 radical (unpaired) electrons. The molecular formula is C19H18FNOS. The van der Waals surface area contributed by atoms with E-state index < -0.39 is 0 Å².